The largest absolute Gasteiger partial charge is 0.490 e. The van der Waals surface area contributed by atoms with E-state index < -0.39 is 0 Å². The van der Waals surface area contributed by atoms with E-state index in [4.69, 9.17) is 21.1 Å². The van der Waals surface area contributed by atoms with Crippen LogP contribution in [-0.2, 0) is 17.8 Å². The van der Waals surface area contributed by atoms with Gasteiger partial charge in [-0.2, -0.15) is 0 Å². The molecule has 0 spiro atoms. The molecule has 3 aromatic carbocycles. The monoisotopic (exact) mass is 489 g/mol. The van der Waals surface area contributed by atoms with Gasteiger partial charge in [-0.3, -0.25) is 9.59 Å². The number of carbonyl (C=O) groups excluding carboxylic acids is 1. The molecule has 0 radical (unpaired) electrons. The number of aryl methyl sites for hydroxylation is 1. The van der Waals surface area contributed by atoms with Gasteiger partial charge in [-0.1, -0.05) is 41.9 Å². The summed E-state index contributed by atoms with van der Waals surface area (Å²) in [7, 11) is 0. The number of anilines is 1. The molecule has 2 heterocycles. The summed E-state index contributed by atoms with van der Waals surface area (Å²) in [4.78, 5) is 30.6. The summed E-state index contributed by atoms with van der Waals surface area (Å²) in [5.74, 6) is 1.05. The number of carbonyl (C=O) groups is 1. The summed E-state index contributed by atoms with van der Waals surface area (Å²) in [6.07, 6.45) is 1.11. The normalized spacial score (nSPS) is 12.8. The lowest BCUT2D eigenvalue weighted by atomic mass is 10.1. The fourth-order valence-corrected chi connectivity index (χ4v) is 4.22. The molecule has 8 heteroatoms. The predicted molar refractivity (Wildman–Crippen MR) is 136 cm³/mol. The maximum Gasteiger partial charge on any atom is 0.273 e. The van der Waals surface area contributed by atoms with Crippen molar-refractivity contribution in [2.24, 2.45) is 0 Å². The van der Waals surface area contributed by atoms with Crippen molar-refractivity contribution in [2.45, 2.75) is 25.8 Å². The number of rotatable bonds is 6. The van der Waals surface area contributed by atoms with Gasteiger partial charge < -0.3 is 19.4 Å². The second-order valence-corrected chi connectivity index (χ2v) is 8.77. The highest BCUT2D eigenvalue weighted by Gasteiger charge is 2.15. The number of ether oxygens (including phenoxy) is 2. The third-order valence-corrected chi connectivity index (χ3v) is 6.01. The minimum atomic E-state index is -0.221. The highest BCUT2D eigenvalue weighted by atomic mass is 35.5. The first kappa shape index (κ1) is 22.9. The summed E-state index contributed by atoms with van der Waals surface area (Å²) >= 11 is 6.19. The first-order valence-electron chi connectivity index (χ1n) is 11.5. The molecule has 1 aliphatic rings. The Balaban J connectivity index is 1.36. The van der Waals surface area contributed by atoms with Crippen molar-refractivity contribution < 1.29 is 14.3 Å². The third-order valence-electron chi connectivity index (χ3n) is 5.78. The van der Waals surface area contributed by atoms with Crippen LogP contribution in [0.15, 0.2) is 71.5 Å². The van der Waals surface area contributed by atoms with Gasteiger partial charge in [0.1, 0.15) is 5.69 Å². The van der Waals surface area contributed by atoms with Gasteiger partial charge in [-0.15, -0.1) is 0 Å². The van der Waals surface area contributed by atoms with Crippen LogP contribution in [0.2, 0.25) is 5.02 Å². The molecule has 1 amide bonds. The molecule has 35 heavy (non-hydrogen) atoms. The van der Waals surface area contributed by atoms with Crippen LogP contribution in [0.3, 0.4) is 0 Å². The van der Waals surface area contributed by atoms with E-state index in [9.17, 15) is 9.59 Å². The fraction of sp³-hybridized carbons (Fsp3) is 0.222. The van der Waals surface area contributed by atoms with E-state index >= 15 is 0 Å². The Kier molecular flexibility index (Phi) is 6.68. The maximum atomic E-state index is 13.3. The molecule has 1 aromatic heterocycles. The Bertz CT molecular complexity index is 1440. The molecule has 5 rings (SSSR count). The van der Waals surface area contributed by atoms with E-state index in [1.807, 2.05) is 30.3 Å². The Morgan fingerprint density at radius 2 is 1.80 bits per heavy atom. The molecule has 1 N–H and O–H groups in total. The van der Waals surface area contributed by atoms with Crippen LogP contribution in [0.5, 0.6) is 11.5 Å². The molecule has 0 saturated carbocycles. The van der Waals surface area contributed by atoms with Crippen molar-refractivity contribution in [3.63, 3.8) is 0 Å². The minimum absolute atomic E-state index is 0.105. The SMILES string of the molecule is O=C(CCc1nc2cc(Cl)ccc2n(Cc2ccccc2)c1=O)Nc1ccc2c(c1)OCCCO2. The lowest BCUT2D eigenvalue weighted by molar-refractivity contribution is -0.116. The molecule has 0 atom stereocenters. The highest BCUT2D eigenvalue weighted by molar-refractivity contribution is 6.31. The smallest absolute Gasteiger partial charge is 0.273 e. The minimum Gasteiger partial charge on any atom is -0.490 e. The Labute approximate surface area is 207 Å². The van der Waals surface area contributed by atoms with Crippen LogP contribution in [-0.4, -0.2) is 28.7 Å². The number of fused-ring (bicyclic) bond motifs is 2. The summed E-state index contributed by atoms with van der Waals surface area (Å²) in [5, 5.41) is 3.41. The predicted octanol–water partition coefficient (Wildman–Crippen LogP) is 4.83. The van der Waals surface area contributed by atoms with E-state index in [1.54, 1.807) is 41.0 Å². The number of halogens is 1. The standard InChI is InChI=1S/C27H24ClN3O4/c28-19-7-10-23-22(15-19)30-21(27(33)31(23)17-18-5-2-1-3-6-18)9-12-26(32)29-20-8-11-24-25(16-20)35-14-4-13-34-24/h1-3,5-8,10-11,15-16H,4,9,12-14,17H2,(H,29,32). The van der Waals surface area contributed by atoms with Gasteiger partial charge in [-0.25, -0.2) is 4.98 Å². The summed E-state index contributed by atoms with van der Waals surface area (Å²) in [6.45, 7) is 1.57. The molecule has 4 aromatic rings. The zero-order valence-electron chi connectivity index (χ0n) is 19.0. The van der Waals surface area contributed by atoms with Gasteiger partial charge in [0.15, 0.2) is 11.5 Å². The van der Waals surface area contributed by atoms with Crippen LogP contribution in [0.25, 0.3) is 11.0 Å². The van der Waals surface area contributed by atoms with Gasteiger partial charge in [0, 0.05) is 36.0 Å². The Morgan fingerprint density at radius 3 is 2.63 bits per heavy atom. The molecular formula is C27H24ClN3O4. The molecule has 178 valence electrons. The van der Waals surface area contributed by atoms with Crippen LogP contribution < -0.4 is 20.3 Å². The third kappa shape index (κ3) is 5.30. The van der Waals surface area contributed by atoms with Crippen molar-refractivity contribution >= 4 is 34.2 Å². The Hall–Kier alpha value is -3.84. The lowest BCUT2D eigenvalue weighted by Gasteiger charge is -2.13. The number of benzene rings is 3. The Morgan fingerprint density at radius 1 is 1.00 bits per heavy atom. The average molecular weight is 490 g/mol. The van der Waals surface area contributed by atoms with Crippen LogP contribution >= 0.6 is 11.6 Å². The summed E-state index contributed by atoms with van der Waals surface area (Å²) in [5.41, 5.74) is 3.03. The molecule has 0 unspecified atom stereocenters. The maximum absolute atomic E-state index is 13.3. The van der Waals surface area contributed by atoms with Gasteiger partial charge in [0.2, 0.25) is 5.91 Å². The molecule has 0 fully saturated rings. The highest BCUT2D eigenvalue weighted by Crippen LogP contribution is 2.32. The van der Waals surface area contributed by atoms with Gasteiger partial charge in [0.25, 0.3) is 5.56 Å². The number of hydrogen-bond acceptors (Lipinski definition) is 5. The van der Waals surface area contributed by atoms with E-state index in [0.29, 0.717) is 58.7 Å². The molecule has 0 aliphatic carbocycles. The van der Waals surface area contributed by atoms with E-state index in [0.717, 1.165) is 12.0 Å². The quantitative estimate of drug-likeness (QED) is 0.419. The van der Waals surface area contributed by atoms with E-state index in [2.05, 4.69) is 10.3 Å². The van der Waals surface area contributed by atoms with E-state index in [-0.39, 0.29) is 24.3 Å². The zero-order chi connectivity index (χ0) is 24.2. The van der Waals surface area contributed by atoms with Crippen LogP contribution in [0.4, 0.5) is 5.69 Å². The summed E-state index contributed by atoms with van der Waals surface area (Å²) in [6, 6.07) is 20.3. The summed E-state index contributed by atoms with van der Waals surface area (Å²) < 4.78 is 13.0. The second-order valence-electron chi connectivity index (χ2n) is 8.33. The van der Waals surface area contributed by atoms with E-state index in [1.165, 1.54) is 0 Å². The molecule has 1 aliphatic heterocycles. The number of aromatic nitrogens is 2. The van der Waals surface area contributed by atoms with Crippen molar-refractivity contribution in [1.82, 2.24) is 9.55 Å². The van der Waals surface area contributed by atoms with Crippen molar-refractivity contribution in [1.29, 1.82) is 0 Å². The molecular weight excluding hydrogens is 466 g/mol. The van der Waals surface area contributed by atoms with Crippen molar-refractivity contribution in [2.75, 3.05) is 18.5 Å². The fourth-order valence-electron chi connectivity index (χ4n) is 4.06. The number of hydrogen-bond donors (Lipinski definition) is 1. The molecule has 0 bridgehead atoms. The van der Waals surface area contributed by atoms with Crippen LogP contribution in [0.1, 0.15) is 24.1 Å². The first-order valence-corrected chi connectivity index (χ1v) is 11.9. The lowest BCUT2D eigenvalue weighted by Crippen LogP contribution is -2.27. The topological polar surface area (TPSA) is 82.5 Å². The number of nitrogens with one attached hydrogen (secondary N) is 1. The molecule has 0 saturated heterocycles. The van der Waals surface area contributed by atoms with Crippen molar-refractivity contribution in [3.05, 3.63) is 93.4 Å². The average Bonchev–Trinajstić information content (AvgIpc) is 3.10. The number of nitrogens with zero attached hydrogens (tertiary/aromatic N) is 2. The number of amides is 1. The van der Waals surface area contributed by atoms with Gasteiger partial charge in [-0.05, 0) is 35.9 Å². The van der Waals surface area contributed by atoms with Gasteiger partial charge >= 0.3 is 0 Å². The van der Waals surface area contributed by atoms with Crippen LogP contribution in [0, 0.1) is 0 Å². The molecule has 7 nitrogen and oxygen atoms in total. The van der Waals surface area contributed by atoms with Gasteiger partial charge in [0.05, 0.1) is 30.8 Å². The second kappa shape index (κ2) is 10.2. The van der Waals surface area contributed by atoms with Crippen molar-refractivity contribution in [3.8, 4) is 11.5 Å². The first-order chi connectivity index (χ1) is 17.1. The zero-order valence-corrected chi connectivity index (χ0v) is 19.8.